The maximum atomic E-state index is 5.48. The minimum atomic E-state index is 0.883. The van der Waals surface area contributed by atoms with Gasteiger partial charge in [-0.05, 0) is 34.5 Å². The average Bonchev–Trinajstić information content (AvgIpc) is 2.53. The lowest BCUT2D eigenvalue weighted by Gasteiger charge is -2.08. The van der Waals surface area contributed by atoms with Crippen molar-refractivity contribution < 1.29 is 4.74 Å². The summed E-state index contributed by atoms with van der Waals surface area (Å²) in [5.41, 5.74) is 2.22. The van der Waals surface area contributed by atoms with Gasteiger partial charge in [0, 0.05) is 18.0 Å². The molecule has 0 saturated carbocycles. The number of pyridine rings is 1. The Kier molecular flexibility index (Phi) is 3.46. The molecule has 3 rings (SSSR count). The quantitative estimate of drug-likeness (QED) is 0.696. The predicted molar refractivity (Wildman–Crippen MR) is 83.7 cm³/mol. The summed E-state index contributed by atoms with van der Waals surface area (Å²) in [5, 5.41) is 2.40. The molecule has 0 saturated heterocycles. The number of ether oxygens (including phenoxy) is 1. The Morgan fingerprint density at radius 1 is 0.900 bits per heavy atom. The second-order valence-corrected chi connectivity index (χ2v) is 4.52. The third kappa shape index (κ3) is 2.41. The van der Waals surface area contributed by atoms with Crippen LogP contribution in [0.1, 0.15) is 11.1 Å². The molecule has 1 aromatic heterocycles. The molecule has 0 N–H and O–H groups in total. The fourth-order valence-corrected chi connectivity index (χ4v) is 2.28. The van der Waals surface area contributed by atoms with E-state index in [9.17, 15) is 0 Å². The SMILES string of the molecule is COc1ccc2ccccc2c1C=Cc1ccncc1. The lowest BCUT2D eigenvalue weighted by atomic mass is 10.0. The molecule has 0 unspecified atom stereocenters. The number of aromatic nitrogens is 1. The van der Waals surface area contributed by atoms with Crippen LogP contribution in [0.5, 0.6) is 5.75 Å². The van der Waals surface area contributed by atoms with Gasteiger partial charge in [-0.3, -0.25) is 4.98 Å². The van der Waals surface area contributed by atoms with E-state index in [0.717, 1.165) is 16.9 Å². The van der Waals surface area contributed by atoms with E-state index in [2.05, 4.69) is 35.3 Å². The summed E-state index contributed by atoms with van der Waals surface area (Å²) in [7, 11) is 1.70. The number of hydrogen-bond acceptors (Lipinski definition) is 2. The zero-order valence-electron chi connectivity index (χ0n) is 11.3. The minimum absolute atomic E-state index is 0.883. The summed E-state index contributed by atoms with van der Waals surface area (Å²) in [5.74, 6) is 0.883. The largest absolute Gasteiger partial charge is 0.496 e. The first-order chi connectivity index (χ1) is 9.88. The first-order valence-electron chi connectivity index (χ1n) is 6.52. The fourth-order valence-electron chi connectivity index (χ4n) is 2.28. The van der Waals surface area contributed by atoms with Crippen molar-refractivity contribution in [1.82, 2.24) is 4.98 Å². The number of hydrogen-bond donors (Lipinski definition) is 0. The Labute approximate surface area is 118 Å². The van der Waals surface area contributed by atoms with Crippen molar-refractivity contribution in [2.45, 2.75) is 0 Å². The van der Waals surface area contributed by atoms with Crippen molar-refractivity contribution in [3.05, 3.63) is 72.1 Å². The summed E-state index contributed by atoms with van der Waals surface area (Å²) >= 11 is 0. The van der Waals surface area contributed by atoms with Crippen LogP contribution in [0.3, 0.4) is 0 Å². The molecule has 0 aliphatic heterocycles. The first kappa shape index (κ1) is 12.4. The van der Waals surface area contributed by atoms with Crippen molar-refractivity contribution in [2.75, 3.05) is 7.11 Å². The summed E-state index contributed by atoms with van der Waals surface area (Å²) in [6, 6.07) is 16.4. The molecule has 0 atom stereocenters. The molecule has 2 aromatic carbocycles. The summed E-state index contributed by atoms with van der Waals surface area (Å²) < 4.78 is 5.48. The molecule has 3 aromatic rings. The van der Waals surface area contributed by atoms with E-state index in [1.54, 1.807) is 19.5 Å². The van der Waals surface area contributed by atoms with Crippen LogP contribution in [-0.4, -0.2) is 12.1 Å². The van der Waals surface area contributed by atoms with Gasteiger partial charge in [0.25, 0.3) is 0 Å². The van der Waals surface area contributed by atoms with Crippen molar-refractivity contribution in [3.63, 3.8) is 0 Å². The van der Waals surface area contributed by atoms with Crippen LogP contribution in [0.15, 0.2) is 60.9 Å². The van der Waals surface area contributed by atoms with E-state index in [-0.39, 0.29) is 0 Å². The highest BCUT2D eigenvalue weighted by Gasteiger charge is 2.04. The van der Waals surface area contributed by atoms with Crippen LogP contribution in [0.4, 0.5) is 0 Å². The Morgan fingerprint density at radius 3 is 2.50 bits per heavy atom. The highest BCUT2D eigenvalue weighted by atomic mass is 16.5. The number of methoxy groups -OCH3 is 1. The second kappa shape index (κ2) is 5.57. The molecule has 2 nitrogen and oxygen atoms in total. The molecule has 0 aliphatic carbocycles. The smallest absolute Gasteiger partial charge is 0.126 e. The van der Waals surface area contributed by atoms with E-state index < -0.39 is 0 Å². The van der Waals surface area contributed by atoms with Gasteiger partial charge in [-0.25, -0.2) is 0 Å². The lowest BCUT2D eigenvalue weighted by Crippen LogP contribution is -1.88. The Balaban J connectivity index is 2.12. The van der Waals surface area contributed by atoms with Crippen LogP contribution in [0.25, 0.3) is 22.9 Å². The van der Waals surface area contributed by atoms with Crippen LogP contribution in [0.2, 0.25) is 0 Å². The molecule has 0 amide bonds. The minimum Gasteiger partial charge on any atom is -0.496 e. The van der Waals surface area contributed by atoms with Gasteiger partial charge in [-0.15, -0.1) is 0 Å². The number of nitrogens with zero attached hydrogens (tertiary/aromatic N) is 1. The predicted octanol–water partition coefficient (Wildman–Crippen LogP) is 4.41. The second-order valence-electron chi connectivity index (χ2n) is 4.52. The van der Waals surface area contributed by atoms with Gasteiger partial charge < -0.3 is 4.74 Å². The topological polar surface area (TPSA) is 22.1 Å². The van der Waals surface area contributed by atoms with Gasteiger partial charge >= 0.3 is 0 Å². The summed E-state index contributed by atoms with van der Waals surface area (Å²) in [6.07, 6.45) is 7.75. The molecule has 0 aliphatic rings. The van der Waals surface area contributed by atoms with Gasteiger partial charge in [-0.1, -0.05) is 42.5 Å². The van der Waals surface area contributed by atoms with Gasteiger partial charge in [-0.2, -0.15) is 0 Å². The molecular formula is C18H15NO. The van der Waals surface area contributed by atoms with Crippen LogP contribution < -0.4 is 4.74 Å². The zero-order valence-corrected chi connectivity index (χ0v) is 11.3. The van der Waals surface area contributed by atoms with Crippen molar-refractivity contribution in [2.24, 2.45) is 0 Å². The molecule has 0 radical (unpaired) electrons. The number of benzene rings is 2. The molecule has 0 fully saturated rings. The molecule has 2 heteroatoms. The van der Waals surface area contributed by atoms with Gasteiger partial charge in [0.05, 0.1) is 7.11 Å². The van der Waals surface area contributed by atoms with E-state index in [1.165, 1.54) is 10.8 Å². The van der Waals surface area contributed by atoms with E-state index in [1.807, 2.05) is 30.3 Å². The van der Waals surface area contributed by atoms with Crippen LogP contribution in [0, 0.1) is 0 Å². The summed E-state index contributed by atoms with van der Waals surface area (Å²) in [6.45, 7) is 0. The maximum absolute atomic E-state index is 5.48. The lowest BCUT2D eigenvalue weighted by molar-refractivity contribution is 0.414. The van der Waals surface area contributed by atoms with E-state index in [0.29, 0.717) is 0 Å². The first-order valence-corrected chi connectivity index (χ1v) is 6.52. The van der Waals surface area contributed by atoms with E-state index in [4.69, 9.17) is 4.74 Å². The van der Waals surface area contributed by atoms with Gasteiger partial charge in [0.1, 0.15) is 5.75 Å². The number of rotatable bonds is 3. The van der Waals surface area contributed by atoms with Gasteiger partial charge in [0.2, 0.25) is 0 Å². The summed E-state index contributed by atoms with van der Waals surface area (Å²) in [4.78, 5) is 4.03. The van der Waals surface area contributed by atoms with E-state index >= 15 is 0 Å². The van der Waals surface area contributed by atoms with Crippen LogP contribution >= 0.6 is 0 Å². The highest BCUT2D eigenvalue weighted by Crippen LogP contribution is 2.29. The average molecular weight is 261 g/mol. The number of fused-ring (bicyclic) bond motifs is 1. The molecular weight excluding hydrogens is 246 g/mol. The standard InChI is InChI=1S/C18H15NO/c1-20-18-9-7-15-4-2-3-5-16(15)17(18)8-6-14-10-12-19-13-11-14/h2-13H,1H3. The Bertz CT molecular complexity index is 748. The molecule has 98 valence electrons. The fraction of sp³-hybridized carbons (Fsp3) is 0.0556. The van der Waals surface area contributed by atoms with Crippen molar-refractivity contribution in [1.29, 1.82) is 0 Å². The molecule has 1 heterocycles. The maximum Gasteiger partial charge on any atom is 0.126 e. The third-order valence-corrected chi connectivity index (χ3v) is 3.30. The highest BCUT2D eigenvalue weighted by molar-refractivity contribution is 5.95. The van der Waals surface area contributed by atoms with Crippen molar-refractivity contribution in [3.8, 4) is 5.75 Å². The molecule has 20 heavy (non-hydrogen) atoms. The zero-order chi connectivity index (χ0) is 13.8. The normalized spacial score (nSPS) is 11.1. The Hall–Kier alpha value is -2.61. The van der Waals surface area contributed by atoms with Crippen LogP contribution in [-0.2, 0) is 0 Å². The molecule has 0 bridgehead atoms. The van der Waals surface area contributed by atoms with Crippen molar-refractivity contribution >= 4 is 22.9 Å². The third-order valence-electron chi connectivity index (χ3n) is 3.30. The monoisotopic (exact) mass is 261 g/mol. The Morgan fingerprint density at radius 2 is 1.70 bits per heavy atom. The molecule has 0 spiro atoms. The van der Waals surface area contributed by atoms with Gasteiger partial charge in [0.15, 0.2) is 0 Å².